The van der Waals surface area contributed by atoms with Gasteiger partial charge in [-0.3, -0.25) is 9.78 Å². The molecule has 0 N–H and O–H groups in total. The number of nitrogens with zero attached hydrogens (tertiary/aromatic N) is 1. The van der Waals surface area contributed by atoms with Gasteiger partial charge in [0.05, 0.1) is 5.69 Å². The summed E-state index contributed by atoms with van der Waals surface area (Å²) in [6, 6.07) is 3.79. The Morgan fingerprint density at radius 1 is 1.27 bits per heavy atom. The van der Waals surface area contributed by atoms with Crippen LogP contribution < -0.4 is 0 Å². The first-order valence-corrected chi connectivity index (χ1v) is 5.02. The minimum atomic E-state index is 0.0732. The van der Waals surface area contributed by atoms with Crippen LogP contribution in [-0.2, 0) is 0 Å². The van der Waals surface area contributed by atoms with Crippen molar-refractivity contribution in [3.05, 3.63) is 53.4 Å². The van der Waals surface area contributed by atoms with Gasteiger partial charge in [0.15, 0.2) is 5.78 Å². The zero-order valence-corrected chi connectivity index (χ0v) is 8.90. The fraction of sp³-hybridized carbons (Fsp3) is 0.231. The molecular weight excluding hydrogens is 186 g/mol. The van der Waals surface area contributed by atoms with Crippen LogP contribution in [0.1, 0.15) is 34.6 Å². The van der Waals surface area contributed by atoms with E-state index in [2.05, 4.69) is 17.1 Å². The number of pyridine rings is 1. The Bertz CT molecular complexity index is 446. The summed E-state index contributed by atoms with van der Waals surface area (Å²) in [5.41, 5.74) is 2.53. The van der Waals surface area contributed by atoms with Crippen molar-refractivity contribution >= 4 is 5.78 Å². The molecule has 1 aromatic heterocycles. The summed E-state index contributed by atoms with van der Waals surface area (Å²) in [5.74, 6) is 0.341. The molecule has 2 rings (SSSR count). The monoisotopic (exact) mass is 199 g/mol. The molecular formula is C13H13NO. The topological polar surface area (TPSA) is 30.0 Å². The van der Waals surface area contributed by atoms with Crippen LogP contribution in [0.15, 0.2) is 36.4 Å². The van der Waals surface area contributed by atoms with E-state index in [1.54, 1.807) is 6.92 Å². The number of hydrogen-bond acceptors (Lipinski definition) is 2. The standard InChI is InChI=1S/C13H13NO/c1-9-12(10(2)15)7-8-13(14-9)11-5-3-4-6-11/h3-8,11H,1-2H3. The van der Waals surface area contributed by atoms with Crippen molar-refractivity contribution in [1.82, 2.24) is 4.98 Å². The summed E-state index contributed by atoms with van der Waals surface area (Å²) < 4.78 is 0. The highest BCUT2D eigenvalue weighted by Crippen LogP contribution is 2.22. The first-order chi connectivity index (χ1) is 7.18. The summed E-state index contributed by atoms with van der Waals surface area (Å²) in [5, 5.41) is 0. The smallest absolute Gasteiger partial charge is 0.161 e. The number of carbonyl (C=O) groups excluding carboxylic acids is 1. The van der Waals surface area contributed by atoms with Crippen LogP contribution in [0.25, 0.3) is 0 Å². The Hall–Kier alpha value is -1.70. The van der Waals surface area contributed by atoms with E-state index in [9.17, 15) is 4.79 Å². The van der Waals surface area contributed by atoms with Crippen molar-refractivity contribution in [2.45, 2.75) is 19.8 Å². The minimum Gasteiger partial charge on any atom is -0.294 e. The molecule has 1 aliphatic rings. The quantitative estimate of drug-likeness (QED) is 0.685. The Kier molecular flexibility index (Phi) is 2.50. The second kappa shape index (κ2) is 3.81. The molecule has 0 saturated carbocycles. The lowest BCUT2D eigenvalue weighted by molar-refractivity contribution is 0.101. The van der Waals surface area contributed by atoms with Crippen molar-refractivity contribution in [1.29, 1.82) is 0 Å². The summed E-state index contributed by atoms with van der Waals surface area (Å²) in [4.78, 5) is 15.7. The fourth-order valence-corrected chi connectivity index (χ4v) is 1.77. The molecule has 0 unspecified atom stereocenters. The van der Waals surface area contributed by atoms with E-state index in [1.807, 2.05) is 31.2 Å². The third kappa shape index (κ3) is 1.89. The number of hydrogen-bond donors (Lipinski definition) is 0. The van der Waals surface area contributed by atoms with Crippen LogP contribution in [0.4, 0.5) is 0 Å². The van der Waals surface area contributed by atoms with Gasteiger partial charge in [-0.25, -0.2) is 0 Å². The van der Waals surface area contributed by atoms with E-state index in [0.29, 0.717) is 5.56 Å². The van der Waals surface area contributed by atoms with E-state index < -0.39 is 0 Å². The third-order valence-electron chi connectivity index (χ3n) is 2.58. The van der Waals surface area contributed by atoms with Gasteiger partial charge in [0, 0.05) is 17.2 Å². The molecule has 0 bridgehead atoms. The van der Waals surface area contributed by atoms with Crippen LogP contribution in [-0.4, -0.2) is 10.8 Å². The van der Waals surface area contributed by atoms with E-state index in [-0.39, 0.29) is 11.7 Å². The Labute approximate surface area is 89.3 Å². The van der Waals surface area contributed by atoms with Gasteiger partial charge in [-0.2, -0.15) is 0 Å². The summed E-state index contributed by atoms with van der Waals surface area (Å²) in [7, 11) is 0. The van der Waals surface area contributed by atoms with Gasteiger partial charge in [0.25, 0.3) is 0 Å². The molecule has 0 aliphatic heterocycles. The number of allylic oxidation sites excluding steroid dienone is 4. The van der Waals surface area contributed by atoms with Crippen molar-refractivity contribution in [2.75, 3.05) is 0 Å². The van der Waals surface area contributed by atoms with Gasteiger partial charge in [-0.15, -0.1) is 0 Å². The van der Waals surface area contributed by atoms with Crippen LogP contribution in [0.5, 0.6) is 0 Å². The first-order valence-electron chi connectivity index (χ1n) is 5.02. The summed E-state index contributed by atoms with van der Waals surface area (Å²) >= 11 is 0. The number of Topliss-reactive ketones (excluding diaryl/α,β-unsaturated/α-hetero) is 1. The van der Waals surface area contributed by atoms with Crippen LogP contribution in [0.2, 0.25) is 0 Å². The largest absolute Gasteiger partial charge is 0.294 e. The highest BCUT2D eigenvalue weighted by molar-refractivity contribution is 5.95. The molecule has 1 aromatic rings. The number of aromatic nitrogens is 1. The molecule has 0 radical (unpaired) electrons. The molecule has 2 nitrogen and oxygen atoms in total. The second-order valence-electron chi connectivity index (χ2n) is 3.72. The molecule has 76 valence electrons. The molecule has 0 amide bonds. The second-order valence-corrected chi connectivity index (χ2v) is 3.72. The lowest BCUT2D eigenvalue weighted by atomic mass is 10.0. The maximum Gasteiger partial charge on any atom is 0.161 e. The molecule has 0 fully saturated rings. The average Bonchev–Trinajstić information content (AvgIpc) is 2.69. The summed E-state index contributed by atoms with van der Waals surface area (Å²) in [6.45, 7) is 3.45. The highest BCUT2D eigenvalue weighted by Gasteiger charge is 2.11. The van der Waals surface area contributed by atoms with Crippen molar-refractivity contribution in [3.63, 3.8) is 0 Å². The van der Waals surface area contributed by atoms with Gasteiger partial charge < -0.3 is 0 Å². The maximum atomic E-state index is 11.2. The Morgan fingerprint density at radius 2 is 1.93 bits per heavy atom. The fourth-order valence-electron chi connectivity index (χ4n) is 1.77. The van der Waals surface area contributed by atoms with E-state index >= 15 is 0 Å². The van der Waals surface area contributed by atoms with E-state index in [0.717, 1.165) is 11.4 Å². The van der Waals surface area contributed by atoms with Gasteiger partial charge in [0.1, 0.15) is 0 Å². The van der Waals surface area contributed by atoms with Crippen LogP contribution in [0, 0.1) is 6.92 Å². The number of ketones is 1. The Morgan fingerprint density at radius 3 is 2.47 bits per heavy atom. The Balaban J connectivity index is 2.37. The zero-order chi connectivity index (χ0) is 10.8. The van der Waals surface area contributed by atoms with Gasteiger partial charge in [-0.1, -0.05) is 24.3 Å². The highest BCUT2D eigenvalue weighted by atomic mass is 16.1. The minimum absolute atomic E-state index is 0.0732. The maximum absolute atomic E-state index is 11.2. The van der Waals surface area contributed by atoms with Gasteiger partial charge in [-0.05, 0) is 26.0 Å². The van der Waals surface area contributed by atoms with Gasteiger partial charge in [0.2, 0.25) is 0 Å². The molecule has 0 saturated heterocycles. The van der Waals surface area contributed by atoms with Crippen LogP contribution in [0.3, 0.4) is 0 Å². The predicted molar refractivity (Wildman–Crippen MR) is 60.0 cm³/mol. The lowest BCUT2D eigenvalue weighted by Crippen LogP contribution is -2.02. The number of carbonyl (C=O) groups is 1. The number of rotatable bonds is 2. The first kappa shape index (κ1) is 9.84. The third-order valence-corrected chi connectivity index (χ3v) is 2.58. The molecule has 15 heavy (non-hydrogen) atoms. The van der Waals surface area contributed by atoms with E-state index in [1.165, 1.54) is 0 Å². The zero-order valence-electron chi connectivity index (χ0n) is 8.90. The molecule has 0 atom stereocenters. The molecule has 1 heterocycles. The lowest BCUT2D eigenvalue weighted by Gasteiger charge is -2.08. The molecule has 0 spiro atoms. The normalized spacial score (nSPS) is 14.8. The molecule has 0 aromatic carbocycles. The molecule has 1 aliphatic carbocycles. The van der Waals surface area contributed by atoms with E-state index in [4.69, 9.17) is 0 Å². The predicted octanol–water partition coefficient (Wildman–Crippen LogP) is 2.80. The number of aryl methyl sites for hydroxylation is 1. The van der Waals surface area contributed by atoms with Crippen molar-refractivity contribution in [3.8, 4) is 0 Å². The van der Waals surface area contributed by atoms with Crippen molar-refractivity contribution < 1.29 is 4.79 Å². The average molecular weight is 199 g/mol. The van der Waals surface area contributed by atoms with Crippen LogP contribution >= 0.6 is 0 Å². The molecule has 2 heteroatoms. The van der Waals surface area contributed by atoms with Gasteiger partial charge >= 0.3 is 0 Å². The summed E-state index contributed by atoms with van der Waals surface area (Å²) in [6.07, 6.45) is 8.21. The SMILES string of the molecule is CC(=O)c1ccc(C2C=CC=C2)nc1C. The van der Waals surface area contributed by atoms with Crippen molar-refractivity contribution in [2.24, 2.45) is 0 Å².